The van der Waals surface area contributed by atoms with Gasteiger partial charge in [0.25, 0.3) is 0 Å². The summed E-state index contributed by atoms with van der Waals surface area (Å²) in [6.07, 6.45) is 6.96. The Kier molecular flexibility index (Phi) is 5.49. The molecule has 84 valence electrons. The summed E-state index contributed by atoms with van der Waals surface area (Å²) in [4.78, 5) is 2.26. The van der Waals surface area contributed by atoms with Crippen LogP contribution in [0, 0.1) is 5.92 Å². The van der Waals surface area contributed by atoms with Crippen LogP contribution in [0.3, 0.4) is 0 Å². The highest BCUT2D eigenvalue weighted by Crippen LogP contribution is 2.23. The highest BCUT2D eigenvalue weighted by Gasteiger charge is 2.19. The monoisotopic (exact) mass is 198 g/mol. The van der Waals surface area contributed by atoms with Crippen LogP contribution in [-0.4, -0.2) is 38.1 Å². The molecule has 14 heavy (non-hydrogen) atoms. The molecule has 0 heterocycles. The zero-order valence-electron chi connectivity index (χ0n) is 10.1. The van der Waals surface area contributed by atoms with Gasteiger partial charge in [-0.3, -0.25) is 0 Å². The predicted octanol–water partition coefficient (Wildman–Crippen LogP) is 2.11. The summed E-state index contributed by atoms with van der Waals surface area (Å²) >= 11 is 0. The molecule has 0 unspecified atom stereocenters. The van der Waals surface area contributed by atoms with Crippen LogP contribution < -0.4 is 5.32 Å². The van der Waals surface area contributed by atoms with E-state index in [-0.39, 0.29) is 0 Å². The smallest absolute Gasteiger partial charge is 0.00926 e. The summed E-state index contributed by atoms with van der Waals surface area (Å²) < 4.78 is 0. The average Bonchev–Trinajstić information content (AvgIpc) is 2.15. The first-order chi connectivity index (χ1) is 6.70. The first-order valence-electron chi connectivity index (χ1n) is 6.08. The van der Waals surface area contributed by atoms with Crippen molar-refractivity contribution in [3.05, 3.63) is 0 Å². The molecule has 0 aliphatic heterocycles. The maximum atomic E-state index is 3.70. The highest BCUT2D eigenvalue weighted by atomic mass is 15.1. The molecule has 1 rings (SSSR count). The normalized spacial score (nSPS) is 28.3. The molecule has 0 aromatic heterocycles. The maximum absolute atomic E-state index is 3.70. The van der Waals surface area contributed by atoms with E-state index in [1.807, 2.05) is 0 Å². The van der Waals surface area contributed by atoms with Gasteiger partial charge in [0, 0.05) is 6.04 Å². The molecule has 2 nitrogen and oxygen atoms in total. The molecule has 1 N–H and O–H groups in total. The van der Waals surface area contributed by atoms with Crippen molar-refractivity contribution in [1.29, 1.82) is 0 Å². The quantitative estimate of drug-likeness (QED) is 0.681. The Morgan fingerprint density at radius 1 is 1.21 bits per heavy atom. The lowest BCUT2D eigenvalue weighted by atomic mass is 9.86. The summed E-state index contributed by atoms with van der Waals surface area (Å²) in [6, 6.07) is 0.797. The van der Waals surface area contributed by atoms with Gasteiger partial charge in [-0.25, -0.2) is 0 Å². The zero-order valence-corrected chi connectivity index (χ0v) is 10.1. The predicted molar refractivity (Wildman–Crippen MR) is 62.6 cm³/mol. The Labute approximate surface area is 89.1 Å². The van der Waals surface area contributed by atoms with Gasteiger partial charge in [-0.15, -0.1) is 0 Å². The fourth-order valence-electron chi connectivity index (χ4n) is 2.30. The van der Waals surface area contributed by atoms with Gasteiger partial charge < -0.3 is 10.2 Å². The van der Waals surface area contributed by atoms with Crippen molar-refractivity contribution in [3.8, 4) is 0 Å². The molecule has 0 aromatic carbocycles. The van der Waals surface area contributed by atoms with Crippen LogP contribution in [0.2, 0.25) is 0 Å². The fraction of sp³-hybridized carbons (Fsp3) is 1.00. The van der Waals surface area contributed by atoms with Crippen LogP contribution in [0.4, 0.5) is 0 Å². The molecule has 0 bridgehead atoms. The van der Waals surface area contributed by atoms with Crippen molar-refractivity contribution in [3.63, 3.8) is 0 Å². The summed E-state index contributed by atoms with van der Waals surface area (Å²) in [5, 5.41) is 3.70. The third kappa shape index (κ3) is 4.43. The molecule has 0 amide bonds. The summed E-state index contributed by atoms with van der Waals surface area (Å²) in [5.41, 5.74) is 0. The fourth-order valence-corrected chi connectivity index (χ4v) is 2.30. The van der Waals surface area contributed by atoms with Crippen LogP contribution in [0.5, 0.6) is 0 Å². The first kappa shape index (κ1) is 12.0. The molecule has 0 spiro atoms. The van der Waals surface area contributed by atoms with Crippen LogP contribution >= 0.6 is 0 Å². The molecule has 1 aliphatic rings. The number of nitrogens with zero attached hydrogens (tertiary/aromatic N) is 1. The first-order valence-corrected chi connectivity index (χ1v) is 6.08. The van der Waals surface area contributed by atoms with Crippen molar-refractivity contribution in [2.75, 3.05) is 27.2 Å². The van der Waals surface area contributed by atoms with E-state index < -0.39 is 0 Å². The Morgan fingerprint density at radius 2 is 1.93 bits per heavy atom. The van der Waals surface area contributed by atoms with Crippen molar-refractivity contribution in [2.45, 2.75) is 45.1 Å². The van der Waals surface area contributed by atoms with E-state index in [9.17, 15) is 0 Å². The lowest BCUT2D eigenvalue weighted by molar-refractivity contribution is 0.275. The summed E-state index contributed by atoms with van der Waals surface area (Å²) in [7, 11) is 4.28. The summed E-state index contributed by atoms with van der Waals surface area (Å²) in [6.45, 7) is 4.78. The van der Waals surface area contributed by atoms with Gasteiger partial charge in [0.2, 0.25) is 0 Å². The van der Waals surface area contributed by atoms with E-state index >= 15 is 0 Å². The van der Waals surface area contributed by atoms with Gasteiger partial charge >= 0.3 is 0 Å². The van der Waals surface area contributed by atoms with Gasteiger partial charge in [0.15, 0.2) is 0 Å². The molecule has 1 saturated carbocycles. The third-order valence-electron chi connectivity index (χ3n) is 3.30. The molecule has 1 aliphatic carbocycles. The molecule has 0 radical (unpaired) electrons. The van der Waals surface area contributed by atoms with Crippen molar-refractivity contribution < 1.29 is 0 Å². The molecule has 1 fully saturated rings. The van der Waals surface area contributed by atoms with Gasteiger partial charge in [0.1, 0.15) is 0 Å². The highest BCUT2D eigenvalue weighted by molar-refractivity contribution is 4.77. The van der Waals surface area contributed by atoms with Gasteiger partial charge in [0.05, 0.1) is 0 Å². The van der Waals surface area contributed by atoms with Gasteiger partial charge in [-0.1, -0.05) is 19.8 Å². The van der Waals surface area contributed by atoms with E-state index in [2.05, 4.69) is 31.2 Å². The minimum absolute atomic E-state index is 0.797. The molecule has 2 atom stereocenters. The summed E-state index contributed by atoms with van der Waals surface area (Å²) in [5.74, 6) is 0.892. The Hall–Kier alpha value is -0.0800. The standard InChI is InChI=1S/C12H26N2/c1-11-7-4-5-8-12(11)13-9-6-10-14(2)3/h11-13H,4-10H2,1-3H3/t11-,12+/m0/s1. The average molecular weight is 198 g/mol. The van der Waals surface area contributed by atoms with Crippen molar-refractivity contribution >= 4 is 0 Å². The second-order valence-corrected chi connectivity index (χ2v) is 4.98. The Bertz CT molecular complexity index is 145. The molecular weight excluding hydrogens is 172 g/mol. The molecular formula is C12H26N2. The van der Waals surface area contributed by atoms with E-state index in [0.717, 1.165) is 12.0 Å². The van der Waals surface area contributed by atoms with Crippen LogP contribution in [0.1, 0.15) is 39.0 Å². The van der Waals surface area contributed by atoms with Gasteiger partial charge in [-0.2, -0.15) is 0 Å². The molecule has 0 saturated heterocycles. The second-order valence-electron chi connectivity index (χ2n) is 4.98. The lowest BCUT2D eigenvalue weighted by Crippen LogP contribution is -2.38. The van der Waals surface area contributed by atoms with E-state index in [1.54, 1.807) is 0 Å². The SMILES string of the molecule is C[C@H]1CCCC[C@H]1NCCCN(C)C. The number of hydrogen-bond donors (Lipinski definition) is 1. The van der Waals surface area contributed by atoms with E-state index in [4.69, 9.17) is 0 Å². The van der Waals surface area contributed by atoms with E-state index in [1.165, 1.54) is 45.2 Å². The van der Waals surface area contributed by atoms with Crippen LogP contribution in [0.15, 0.2) is 0 Å². The minimum Gasteiger partial charge on any atom is -0.314 e. The maximum Gasteiger partial charge on any atom is 0.00926 e. The zero-order chi connectivity index (χ0) is 10.4. The van der Waals surface area contributed by atoms with Gasteiger partial charge in [-0.05, 0) is 52.4 Å². The number of nitrogens with one attached hydrogen (secondary N) is 1. The number of rotatable bonds is 5. The number of hydrogen-bond acceptors (Lipinski definition) is 2. The van der Waals surface area contributed by atoms with Crippen molar-refractivity contribution in [2.24, 2.45) is 5.92 Å². The third-order valence-corrected chi connectivity index (χ3v) is 3.30. The van der Waals surface area contributed by atoms with E-state index in [0.29, 0.717) is 0 Å². The topological polar surface area (TPSA) is 15.3 Å². The second kappa shape index (κ2) is 6.41. The van der Waals surface area contributed by atoms with Crippen LogP contribution in [0.25, 0.3) is 0 Å². The van der Waals surface area contributed by atoms with Crippen LogP contribution in [-0.2, 0) is 0 Å². The van der Waals surface area contributed by atoms with Crippen molar-refractivity contribution in [1.82, 2.24) is 10.2 Å². The Balaban J connectivity index is 2.04. The molecule has 0 aromatic rings. The lowest BCUT2D eigenvalue weighted by Gasteiger charge is -2.29. The minimum atomic E-state index is 0.797. The Morgan fingerprint density at radius 3 is 2.57 bits per heavy atom. The molecule has 2 heteroatoms. The largest absolute Gasteiger partial charge is 0.314 e.